The zero-order valence-corrected chi connectivity index (χ0v) is 20.3. The SMILES string of the molecule is Cc1nn(Cc2ccccc2Cl)c(C)c1/C=C/C(=O)Nc1c(C)n(C)n(-c2ccccc2)c1=O. The number of hydrogen-bond donors (Lipinski definition) is 1. The number of benzene rings is 2. The summed E-state index contributed by atoms with van der Waals surface area (Å²) < 4.78 is 5.12. The Morgan fingerprint density at radius 3 is 2.41 bits per heavy atom. The molecule has 2 heterocycles. The second-order valence-electron chi connectivity index (χ2n) is 8.09. The zero-order chi connectivity index (χ0) is 24.4. The van der Waals surface area contributed by atoms with Gasteiger partial charge in [0.05, 0.1) is 23.6 Å². The standard InChI is InChI=1S/C26H26ClN5O2/c1-17-22(18(2)31(29-17)16-20-10-8-9-13-23(20)27)14-15-24(33)28-25-19(3)30(4)32(26(25)34)21-11-6-5-7-12-21/h5-15H,16H2,1-4H3,(H,28,33)/b15-14+. The first kappa shape index (κ1) is 23.3. The second kappa shape index (κ2) is 9.57. The van der Waals surface area contributed by atoms with E-state index in [4.69, 9.17) is 11.6 Å². The Morgan fingerprint density at radius 2 is 1.71 bits per heavy atom. The van der Waals surface area contributed by atoms with E-state index in [1.807, 2.05) is 73.1 Å². The molecular formula is C26H26ClN5O2. The fourth-order valence-electron chi connectivity index (χ4n) is 3.93. The van der Waals surface area contributed by atoms with Crippen LogP contribution < -0.4 is 10.9 Å². The van der Waals surface area contributed by atoms with Crippen molar-refractivity contribution in [2.24, 2.45) is 7.05 Å². The van der Waals surface area contributed by atoms with Gasteiger partial charge in [-0.1, -0.05) is 48.0 Å². The number of amides is 1. The van der Waals surface area contributed by atoms with Crippen LogP contribution in [0.4, 0.5) is 5.69 Å². The summed E-state index contributed by atoms with van der Waals surface area (Å²) in [7, 11) is 1.79. The zero-order valence-electron chi connectivity index (χ0n) is 19.5. The van der Waals surface area contributed by atoms with Crippen molar-refractivity contribution < 1.29 is 4.79 Å². The number of hydrogen-bond acceptors (Lipinski definition) is 3. The summed E-state index contributed by atoms with van der Waals surface area (Å²) in [6.45, 7) is 6.18. The van der Waals surface area contributed by atoms with Crippen LogP contribution >= 0.6 is 11.6 Å². The predicted octanol–water partition coefficient (Wildman–Crippen LogP) is 4.65. The topological polar surface area (TPSA) is 73.8 Å². The monoisotopic (exact) mass is 475 g/mol. The Labute approximate surface area is 202 Å². The first-order valence-corrected chi connectivity index (χ1v) is 11.3. The van der Waals surface area contributed by atoms with Crippen LogP contribution in [0, 0.1) is 20.8 Å². The van der Waals surface area contributed by atoms with E-state index >= 15 is 0 Å². The molecule has 2 aromatic carbocycles. The Balaban J connectivity index is 1.55. The van der Waals surface area contributed by atoms with Gasteiger partial charge in [-0.25, -0.2) is 4.68 Å². The van der Waals surface area contributed by atoms with E-state index in [0.717, 1.165) is 28.2 Å². The molecule has 0 aliphatic heterocycles. The highest BCUT2D eigenvalue weighted by molar-refractivity contribution is 6.31. The molecule has 0 bridgehead atoms. The predicted molar refractivity (Wildman–Crippen MR) is 136 cm³/mol. The van der Waals surface area contributed by atoms with Gasteiger partial charge in [0.15, 0.2) is 0 Å². The molecule has 174 valence electrons. The maximum absolute atomic E-state index is 13.0. The van der Waals surface area contributed by atoms with Crippen molar-refractivity contribution in [3.05, 3.63) is 104 Å². The molecule has 0 spiro atoms. The van der Waals surface area contributed by atoms with Crippen LogP contribution in [0.2, 0.25) is 5.02 Å². The third kappa shape index (κ3) is 4.47. The lowest BCUT2D eigenvalue weighted by atomic mass is 10.1. The fourth-order valence-corrected chi connectivity index (χ4v) is 4.13. The summed E-state index contributed by atoms with van der Waals surface area (Å²) in [5.74, 6) is -0.385. The number of nitrogens with zero attached hydrogens (tertiary/aromatic N) is 4. The molecule has 0 radical (unpaired) electrons. The highest BCUT2D eigenvalue weighted by Gasteiger charge is 2.17. The van der Waals surface area contributed by atoms with E-state index in [-0.39, 0.29) is 17.2 Å². The Kier molecular flexibility index (Phi) is 6.56. The van der Waals surface area contributed by atoms with Gasteiger partial charge in [0.25, 0.3) is 5.56 Å². The first-order chi connectivity index (χ1) is 16.3. The van der Waals surface area contributed by atoms with Gasteiger partial charge in [0.2, 0.25) is 5.91 Å². The Hall–Kier alpha value is -3.84. The molecule has 0 saturated heterocycles. The molecule has 34 heavy (non-hydrogen) atoms. The van der Waals surface area contributed by atoms with Crippen molar-refractivity contribution in [3.63, 3.8) is 0 Å². The molecule has 0 atom stereocenters. The molecule has 0 saturated carbocycles. The number of anilines is 1. The average molecular weight is 476 g/mol. The van der Waals surface area contributed by atoms with Crippen molar-refractivity contribution in [1.82, 2.24) is 19.1 Å². The summed E-state index contributed by atoms with van der Waals surface area (Å²) in [6, 6.07) is 17.0. The first-order valence-electron chi connectivity index (χ1n) is 10.9. The Morgan fingerprint density at radius 1 is 1.03 bits per heavy atom. The molecule has 7 nitrogen and oxygen atoms in total. The van der Waals surface area contributed by atoms with Gasteiger partial charge in [-0.2, -0.15) is 5.10 Å². The highest BCUT2D eigenvalue weighted by atomic mass is 35.5. The molecule has 0 fully saturated rings. The van der Waals surface area contributed by atoms with E-state index in [1.165, 1.54) is 10.8 Å². The fraction of sp³-hybridized carbons (Fsp3) is 0.192. The van der Waals surface area contributed by atoms with Crippen molar-refractivity contribution in [2.45, 2.75) is 27.3 Å². The molecule has 4 aromatic rings. The third-order valence-corrected chi connectivity index (χ3v) is 6.29. The molecule has 4 rings (SSSR count). The minimum atomic E-state index is -0.385. The van der Waals surface area contributed by atoms with Crippen molar-refractivity contribution in [1.29, 1.82) is 0 Å². The molecule has 0 unspecified atom stereocenters. The van der Waals surface area contributed by atoms with Gasteiger partial charge in [0.1, 0.15) is 5.69 Å². The van der Waals surface area contributed by atoms with Crippen molar-refractivity contribution >= 4 is 29.3 Å². The van der Waals surface area contributed by atoms with E-state index in [2.05, 4.69) is 10.4 Å². The number of carbonyl (C=O) groups excluding carboxylic acids is 1. The summed E-state index contributed by atoms with van der Waals surface area (Å²) in [4.78, 5) is 25.7. The van der Waals surface area contributed by atoms with Gasteiger partial charge in [-0.3, -0.25) is 19.0 Å². The minimum absolute atomic E-state index is 0.254. The van der Waals surface area contributed by atoms with E-state index in [0.29, 0.717) is 17.3 Å². The van der Waals surface area contributed by atoms with Crippen LogP contribution in [0.3, 0.4) is 0 Å². The van der Waals surface area contributed by atoms with Gasteiger partial charge < -0.3 is 5.32 Å². The molecule has 0 aliphatic rings. The van der Waals surface area contributed by atoms with Crippen LogP contribution in [0.1, 0.15) is 28.2 Å². The van der Waals surface area contributed by atoms with Crippen LogP contribution in [0.25, 0.3) is 11.8 Å². The van der Waals surface area contributed by atoms with E-state index in [9.17, 15) is 9.59 Å². The number of nitrogens with one attached hydrogen (secondary N) is 1. The van der Waals surface area contributed by atoms with Crippen LogP contribution in [-0.2, 0) is 18.4 Å². The number of halogens is 1. The van der Waals surface area contributed by atoms with E-state index in [1.54, 1.807) is 24.7 Å². The highest BCUT2D eigenvalue weighted by Crippen LogP contribution is 2.20. The molecular weight excluding hydrogens is 450 g/mol. The normalized spacial score (nSPS) is 11.3. The molecule has 0 aliphatic carbocycles. The van der Waals surface area contributed by atoms with Gasteiger partial charge in [-0.15, -0.1) is 0 Å². The maximum atomic E-state index is 13.0. The van der Waals surface area contributed by atoms with Crippen molar-refractivity contribution in [3.8, 4) is 5.69 Å². The number of aryl methyl sites for hydroxylation is 1. The molecule has 2 aromatic heterocycles. The number of carbonyl (C=O) groups is 1. The second-order valence-corrected chi connectivity index (χ2v) is 8.50. The summed E-state index contributed by atoms with van der Waals surface area (Å²) in [5.41, 5.74) is 4.91. The van der Waals surface area contributed by atoms with Gasteiger partial charge in [-0.05, 0) is 50.6 Å². The lowest BCUT2D eigenvalue weighted by molar-refractivity contribution is -0.111. The average Bonchev–Trinajstić information content (AvgIpc) is 3.20. The molecule has 1 N–H and O–H groups in total. The minimum Gasteiger partial charge on any atom is -0.316 e. The van der Waals surface area contributed by atoms with E-state index < -0.39 is 0 Å². The molecule has 1 amide bonds. The summed E-state index contributed by atoms with van der Waals surface area (Å²) >= 11 is 6.29. The number of aromatic nitrogens is 4. The Bertz CT molecular complexity index is 1440. The van der Waals surface area contributed by atoms with Gasteiger partial charge in [0, 0.05) is 29.4 Å². The van der Waals surface area contributed by atoms with Crippen LogP contribution in [0.5, 0.6) is 0 Å². The molecule has 8 heteroatoms. The number of rotatable bonds is 6. The maximum Gasteiger partial charge on any atom is 0.295 e. The largest absolute Gasteiger partial charge is 0.316 e. The smallest absolute Gasteiger partial charge is 0.295 e. The lowest BCUT2D eigenvalue weighted by Gasteiger charge is -2.07. The number of para-hydroxylation sites is 1. The van der Waals surface area contributed by atoms with Crippen molar-refractivity contribution in [2.75, 3.05) is 5.32 Å². The lowest BCUT2D eigenvalue weighted by Crippen LogP contribution is -2.22. The van der Waals surface area contributed by atoms with Crippen LogP contribution in [-0.4, -0.2) is 25.1 Å². The van der Waals surface area contributed by atoms with Crippen LogP contribution in [0.15, 0.2) is 65.5 Å². The quantitative estimate of drug-likeness (QED) is 0.412. The van der Waals surface area contributed by atoms with Gasteiger partial charge >= 0.3 is 0 Å². The third-order valence-electron chi connectivity index (χ3n) is 5.92. The summed E-state index contributed by atoms with van der Waals surface area (Å²) in [5, 5.41) is 8.04. The summed E-state index contributed by atoms with van der Waals surface area (Å²) in [6.07, 6.45) is 3.15.